The summed E-state index contributed by atoms with van der Waals surface area (Å²) in [7, 11) is 0. The van der Waals surface area contributed by atoms with E-state index in [2.05, 4.69) is 21.8 Å². The van der Waals surface area contributed by atoms with E-state index in [0.29, 0.717) is 35.8 Å². The molecule has 0 spiro atoms. The zero-order valence-electron chi connectivity index (χ0n) is 22.6. The molecule has 0 saturated carbocycles. The number of hydrogen-bond donors (Lipinski definition) is 2. The topological polar surface area (TPSA) is 142 Å². The first kappa shape index (κ1) is 26.9. The molecule has 2 aliphatic rings. The Morgan fingerprint density at radius 2 is 2.07 bits per heavy atom. The van der Waals surface area contributed by atoms with E-state index in [4.69, 9.17) is 24.7 Å². The number of H-pyrrole nitrogens is 1. The molecule has 1 atom stereocenters. The van der Waals surface area contributed by atoms with Crippen LogP contribution in [0.5, 0.6) is 5.88 Å². The maximum absolute atomic E-state index is 14.3. The lowest BCUT2D eigenvalue weighted by Gasteiger charge is -2.39. The molecule has 5 heterocycles. The highest BCUT2D eigenvalue weighted by molar-refractivity contribution is 5.87. The van der Waals surface area contributed by atoms with Gasteiger partial charge in [-0.25, -0.2) is 24.1 Å². The van der Waals surface area contributed by atoms with Crippen LogP contribution in [0, 0.1) is 17.1 Å². The second-order valence-corrected chi connectivity index (χ2v) is 10.9. The van der Waals surface area contributed by atoms with Gasteiger partial charge in [0.2, 0.25) is 11.7 Å². The first-order chi connectivity index (χ1) is 19.8. The second-order valence-electron chi connectivity index (χ2n) is 10.9. The first-order valence-electron chi connectivity index (χ1n) is 13.6. The fourth-order valence-corrected chi connectivity index (χ4v) is 5.36. The summed E-state index contributed by atoms with van der Waals surface area (Å²) in [6.45, 7) is 5.81. The number of nitriles is 1. The second kappa shape index (κ2) is 10.9. The van der Waals surface area contributed by atoms with Gasteiger partial charge in [-0.2, -0.15) is 5.26 Å². The Bertz CT molecular complexity index is 1630. The van der Waals surface area contributed by atoms with E-state index in [1.54, 1.807) is 18.2 Å². The molecule has 2 N–H and O–H groups in total. The number of imidazole rings is 2. The summed E-state index contributed by atoms with van der Waals surface area (Å²) in [5, 5.41) is 18.3. The van der Waals surface area contributed by atoms with Crippen LogP contribution in [-0.2, 0) is 29.8 Å². The average Bonchev–Trinajstić information content (AvgIpc) is 3.50. The predicted octanol–water partition coefficient (Wildman–Crippen LogP) is 3.78. The number of nitrogens with zero attached hydrogens (tertiary/aromatic N) is 6. The third-order valence-corrected chi connectivity index (χ3v) is 8.08. The number of fused-ring (bicyclic) bond motifs is 1. The maximum Gasteiger partial charge on any atom is 0.372 e. The molecule has 11 nitrogen and oxygen atoms in total. The van der Waals surface area contributed by atoms with Crippen LogP contribution in [0.3, 0.4) is 0 Å². The highest BCUT2D eigenvalue weighted by Gasteiger charge is 2.34. The smallest absolute Gasteiger partial charge is 0.372 e. The number of hydrogen-bond acceptors (Lipinski definition) is 8. The number of carboxylic acid groups (broad SMARTS) is 1. The summed E-state index contributed by atoms with van der Waals surface area (Å²) in [5.74, 6) is -0.449. The van der Waals surface area contributed by atoms with Crippen LogP contribution in [0.25, 0.3) is 11.3 Å². The Balaban J connectivity index is 1.11. The highest BCUT2D eigenvalue weighted by Crippen LogP contribution is 2.35. The molecule has 1 aromatic carbocycles. The van der Waals surface area contributed by atoms with E-state index < -0.39 is 11.8 Å². The van der Waals surface area contributed by atoms with Gasteiger partial charge in [0.05, 0.1) is 36.5 Å². The fraction of sp³-hybridized carbons (Fsp3) is 0.414. The molecule has 0 unspecified atom stereocenters. The third-order valence-electron chi connectivity index (χ3n) is 8.08. The van der Waals surface area contributed by atoms with Crippen molar-refractivity contribution in [2.24, 2.45) is 0 Å². The van der Waals surface area contributed by atoms with Gasteiger partial charge in [-0.05, 0) is 50.6 Å². The molecule has 4 aromatic rings. The Hall–Kier alpha value is -4.34. The number of aromatic carboxylic acids is 1. The number of nitrogens with one attached hydrogen (secondary N) is 1. The standard InChI is InChI=1S/C29H30FN7O4/c1-29(22-3-2-4-24(32-22)41-17-19-6-5-18(14-31)13-21(19)30)8-10-36(11-9-29)16-23-33-25-27(35-26(34-25)28(38)39)37(23)15-20-7-12-40-20/h2-6,13,20H,7-12,15-17H2,1H3,(H,34,35)(H,38,39)/t20-/m0/s1. The molecule has 6 rings (SSSR count). The number of rotatable bonds is 9. The lowest BCUT2D eigenvalue weighted by Crippen LogP contribution is -2.41. The number of ether oxygens (including phenoxy) is 2. The number of carbonyl (C=O) groups is 1. The van der Waals surface area contributed by atoms with Crippen molar-refractivity contribution in [1.82, 2.24) is 29.4 Å². The van der Waals surface area contributed by atoms with Gasteiger partial charge in [0.1, 0.15) is 18.2 Å². The van der Waals surface area contributed by atoms with E-state index in [0.717, 1.165) is 50.5 Å². The molecular formula is C29H30FN7O4. The number of aromatic nitrogens is 5. The molecular weight excluding hydrogens is 529 g/mol. The van der Waals surface area contributed by atoms with E-state index >= 15 is 0 Å². The number of aromatic amines is 1. The van der Waals surface area contributed by atoms with Crippen molar-refractivity contribution in [1.29, 1.82) is 5.26 Å². The summed E-state index contributed by atoms with van der Waals surface area (Å²) < 4.78 is 27.7. The number of piperidine rings is 1. The van der Waals surface area contributed by atoms with Crippen LogP contribution in [-0.4, -0.2) is 66.3 Å². The van der Waals surface area contributed by atoms with Crippen LogP contribution in [0.2, 0.25) is 0 Å². The zero-order chi connectivity index (χ0) is 28.6. The number of carboxylic acids is 1. The Morgan fingerprint density at radius 3 is 2.76 bits per heavy atom. The minimum absolute atomic E-state index is 0.0217. The molecule has 12 heteroatoms. The normalized spacial score (nSPS) is 18.6. The minimum atomic E-state index is -1.11. The molecule has 2 fully saturated rings. The molecule has 2 saturated heterocycles. The predicted molar refractivity (Wildman–Crippen MR) is 145 cm³/mol. The number of halogens is 1. The summed E-state index contributed by atoms with van der Waals surface area (Å²) in [4.78, 5) is 30.3. The van der Waals surface area contributed by atoms with Crippen molar-refractivity contribution in [2.75, 3.05) is 19.7 Å². The average molecular weight is 560 g/mol. The maximum atomic E-state index is 14.3. The highest BCUT2D eigenvalue weighted by atomic mass is 19.1. The van der Waals surface area contributed by atoms with Gasteiger partial charge in [0.25, 0.3) is 0 Å². The zero-order valence-corrected chi connectivity index (χ0v) is 22.6. The lowest BCUT2D eigenvalue weighted by molar-refractivity contribution is -0.0593. The minimum Gasteiger partial charge on any atom is -0.475 e. The van der Waals surface area contributed by atoms with Crippen LogP contribution >= 0.6 is 0 Å². The molecule has 0 amide bonds. The van der Waals surface area contributed by atoms with E-state index in [-0.39, 0.29) is 29.5 Å². The molecule has 3 aromatic heterocycles. The molecule has 212 valence electrons. The van der Waals surface area contributed by atoms with Gasteiger partial charge in [0.15, 0.2) is 11.3 Å². The van der Waals surface area contributed by atoms with Gasteiger partial charge in [-0.15, -0.1) is 0 Å². The van der Waals surface area contributed by atoms with Crippen LogP contribution < -0.4 is 4.74 Å². The van der Waals surface area contributed by atoms with Crippen molar-refractivity contribution in [3.05, 3.63) is 70.7 Å². The quantitative estimate of drug-likeness (QED) is 0.313. The van der Waals surface area contributed by atoms with Crippen LogP contribution in [0.15, 0.2) is 36.4 Å². The summed E-state index contributed by atoms with van der Waals surface area (Å²) in [6, 6.07) is 11.9. The van der Waals surface area contributed by atoms with Crippen molar-refractivity contribution in [3.8, 4) is 11.9 Å². The largest absolute Gasteiger partial charge is 0.475 e. The van der Waals surface area contributed by atoms with Crippen LogP contribution in [0.4, 0.5) is 4.39 Å². The van der Waals surface area contributed by atoms with E-state index in [9.17, 15) is 14.3 Å². The summed E-state index contributed by atoms with van der Waals surface area (Å²) in [6.07, 6.45) is 2.78. The van der Waals surface area contributed by atoms with Crippen molar-refractivity contribution in [3.63, 3.8) is 0 Å². The Labute approximate surface area is 235 Å². The third kappa shape index (κ3) is 5.51. The first-order valence-corrected chi connectivity index (χ1v) is 13.6. The van der Waals surface area contributed by atoms with Gasteiger partial charge in [-0.3, -0.25) is 4.90 Å². The van der Waals surface area contributed by atoms with Gasteiger partial charge >= 0.3 is 5.97 Å². The van der Waals surface area contributed by atoms with Crippen LogP contribution in [0.1, 0.15) is 59.5 Å². The molecule has 0 aliphatic carbocycles. The van der Waals surface area contributed by atoms with E-state index in [1.165, 1.54) is 6.07 Å². The van der Waals surface area contributed by atoms with Crippen molar-refractivity contribution < 1.29 is 23.8 Å². The van der Waals surface area contributed by atoms with Crippen molar-refractivity contribution in [2.45, 2.75) is 57.4 Å². The fourth-order valence-electron chi connectivity index (χ4n) is 5.36. The Morgan fingerprint density at radius 1 is 1.27 bits per heavy atom. The summed E-state index contributed by atoms with van der Waals surface area (Å²) >= 11 is 0. The number of pyridine rings is 1. The summed E-state index contributed by atoms with van der Waals surface area (Å²) in [5.41, 5.74) is 2.41. The molecule has 0 radical (unpaired) electrons. The number of benzene rings is 1. The number of likely N-dealkylation sites (tertiary alicyclic amines) is 1. The monoisotopic (exact) mass is 559 g/mol. The van der Waals surface area contributed by atoms with Gasteiger partial charge < -0.3 is 24.1 Å². The lowest BCUT2D eigenvalue weighted by atomic mass is 9.77. The van der Waals surface area contributed by atoms with Gasteiger partial charge in [-0.1, -0.05) is 19.1 Å². The molecule has 0 bridgehead atoms. The molecule has 41 heavy (non-hydrogen) atoms. The molecule has 2 aliphatic heterocycles. The van der Waals surface area contributed by atoms with Crippen molar-refractivity contribution >= 4 is 17.3 Å². The Kier molecular flexibility index (Phi) is 7.15. The van der Waals surface area contributed by atoms with Gasteiger partial charge in [0, 0.05) is 23.7 Å². The SMILES string of the molecule is CC1(c2cccc(OCc3ccc(C#N)cc3F)n2)CCN(Cc2nc3[nH]c(C(=O)O)nc3n2C[C@@H]2CCO2)CC1. The van der Waals surface area contributed by atoms with E-state index in [1.807, 2.05) is 22.8 Å².